The van der Waals surface area contributed by atoms with Crippen molar-refractivity contribution in [2.24, 2.45) is 23.3 Å². The van der Waals surface area contributed by atoms with Crippen LogP contribution in [0.15, 0.2) is 158 Å². The molecule has 0 aliphatic heterocycles. The Bertz CT molecular complexity index is 2940. The number of aryl methyl sites for hydroxylation is 2. The van der Waals surface area contributed by atoms with Gasteiger partial charge in [0.1, 0.15) is 23.0 Å². The van der Waals surface area contributed by atoms with Gasteiger partial charge in [0.05, 0.1) is 46.2 Å². The molecule has 2 amide bonds. The highest BCUT2D eigenvalue weighted by Gasteiger charge is 2.26. The van der Waals surface area contributed by atoms with Crippen LogP contribution in [0.1, 0.15) is 104 Å². The molecule has 2 saturated carbocycles. The molecule has 2 aliphatic rings. The lowest BCUT2D eigenvalue weighted by atomic mass is 9.97. The largest absolute Gasteiger partial charge is 0.326 e. The summed E-state index contributed by atoms with van der Waals surface area (Å²) in [5.74, 6) is -0.476. The summed E-state index contributed by atoms with van der Waals surface area (Å²) in [5, 5.41) is 21.8. The third kappa shape index (κ3) is 12.3. The number of rotatable bonds is 18. The molecule has 2 heterocycles. The Hall–Kier alpha value is -7.62. The summed E-state index contributed by atoms with van der Waals surface area (Å²) in [6, 6.07) is 48.2. The van der Waals surface area contributed by atoms with Crippen LogP contribution < -0.4 is 32.7 Å². The molecule has 2 aliphatic carbocycles. The van der Waals surface area contributed by atoms with Crippen molar-refractivity contribution in [3.63, 3.8) is 0 Å². The number of carbonyl (C=O) groups excluding carboxylic acids is 2. The predicted octanol–water partition coefficient (Wildman–Crippen LogP) is 10.2. The molecule has 72 heavy (non-hydrogen) atoms. The van der Waals surface area contributed by atoms with Gasteiger partial charge in [-0.15, -0.1) is 0 Å². The quantitative estimate of drug-likeness (QED) is 0.0494. The Morgan fingerprint density at radius 1 is 0.528 bits per heavy atom. The van der Waals surface area contributed by atoms with Crippen LogP contribution in [0, 0.1) is 37.3 Å². The number of nitrogens with one attached hydrogen (secondary N) is 4. The summed E-state index contributed by atoms with van der Waals surface area (Å²) in [6.07, 6.45) is 4.95. The van der Waals surface area contributed by atoms with Crippen LogP contribution in [0.25, 0.3) is 11.4 Å². The Labute approximate surface area is 418 Å². The first-order valence-corrected chi connectivity index (χ1v) is 24.5. The standard InChI is InChI=1S/2C29H30FN5O/c2*1-19-14-27(35(34-19)24-9-5-6-21(15-24)17-31)29(36)33-26-16-23(12-13-25(26)30)28(32-18-20-10-11-20)22-7-3-2-4-8-22/h2*2-9,12-16,20,28,32H,10-11,17-18,31H2,1H3,(H,33,36). The van der Waals surface area contributed by atoms with Gasteiger partial charge >= 0.3 is 0 Å². The first-order valence-electron chi connectivity index (χ1n) is 24.5. The smallest absolute Gasteiger partial charge is 0.274 e. The van der Waals surface area contributed by atoms with Crippen molar-refractivity contribution in [2.75, 3.05) is 23.7 Å². The van der Waals surface area contributed by atoms with E-state index in [0.717, 1.165) is 57.8 Å². The normalized spacial score (nSPS) is 14.0. The molecule has 14 heteroatoms. The second-order valence-electron chi connectivity index (χ2n) is 18.7. The molecule has 8 aromatic rings. The van der Waals surface area contributed by atoms with Gasteiger partial charge in [0.2, 0.25) is 0 Å². The summed E-state index contributed by atoms with van der Waals surface area (Å²) in [7, 11) is 0. The van der Waals surface area contributed by atoms with E-state index < -0.39 is 23.4 Å². The highest BCUT2D eigenvalue weighted by Crippen LogP contribution is 2.33. The van der Waals surface area contributed by atoms with Crippen molar-refractivity contribution < 1.29 is 18.4 Å². The second-order valence-corrected chi connectivity index (χ2v) is 18.7. The van der Waals surface area contributed by atoms with Gasteiger partial charge < -0.3 is 32.7 Å². The van der Waals surface area contributed by atoms with E-state index in [2.05, 4.69) is 55.7 Å². The summed E-state index contributed by atoms with van der Waals surface area (Å²) in [4.78, 5) is 26.6. The zero-order valence-corrected chi connectivity index (χ0v) is 40.5. The van der Waals surface area contributed by atoms with Crippen molar-refractivity contribution in [3.05, 3.63) is 226 Å². The molecule has 0 spiro atoms. The molecule has 10 rings (SSSR count). The average Bonchev–Trinajstić information content (AvgIpc) is 4.34. The van der Waals surface area contributed by atoms with Gasteiger partial charge in [-0.2, -0.15) is 10.2 Å². The minimum atomic E-state index is -0.492. The van der Waals surface area contributed by atoms with Gasteiger partial charge in [0.25, 0.3) is 11.8 Å². The number of hydrogen-bond acceptors (Lipinski definition) is 8. The first kappa shape index (κ1) is 49.4. The fraction of sp³-hybridized carbons (Fsp3) is 0.241. The van der Waals surface area contributed by atoms with Gasteiger partial charge in [0, 0.05) is 13.1 Å². The van der Waals surface area contributed by atoms with Crippen LogP contribution in [0.4, 0.5) is 20.2 Å². The maximum atomic E-state index is 14.9. The number of nitrogens with zero attached hydrogens (tertiary/aromatic N) is 4. The van der Waals surface area contributed by atoms with Gasteiger partial charge in [-0.25, -0.2) is 18.1 Å². The molecule has 0 bridgehead atoms. The van der Waals surface area contributed by atoms with Crippen LogP contribution in [-0.4, -0.2) is 44.5 Å². The molecular weight excluding hydrogens is 907 g/mol. The number of aromatic nitrogens is 4. The zero-order valence-electron chi connectivity index (χ0n) is 40.5. The lowest BCUT2D eigenvalue weighted by Crippen LogP contribution is -2.25. The molecule has 8 N–H and O–H groups in total. The van der Waals surface area contributed by atoms with E-state index in [4.69, 9.17) is 11.5 Å². The van der Waals surface area contributed by atoms with Crippen LogP contribution in [0.2, 0.25) is 0 Å². The number of anilines is 2. The highest BCUT2D eigenvalue weighted by atomic mass is 19.1. The van der Waals surface area contributed by atoms with E-state index in [-0.39, 0.29) is 23.5 Å². The molecule has 0 radical (unpaired) electrons. The summed E-state index contributed by atoms with van der Waals surface area (Å²) < 4.78 is 32.9. The van der Waals surface area contributed by atoms with Gasteiger partial charge in [0.15, 0.2) is 0 Å². The van der Waals surface area contributed by atoms with E-state index in [1.54, 1.807) is 45.8 Å². The maximum Gasteiger partial charge on any atom is 0.274 e. The van der Waals surface area contributed by atoms with E-state index in [1.165, 1.54) is 37.8 Å². The van der Waals surface area contributed by atoms with Gasteiger partial charge in [-0.05, 0) is 159 Å². The molecule has 0 saturated heterocycles. The predicted molar refractivity (Wildman–Crippen MR) is 279 cm³/mol. The Morgan fingerprint density at radius 3 is 1.31 bits per heavy atom. The van der Waals surface area contributed by atoms with Crippen molar-refractivity contribution in [1.82, 2.24) is 30.2 Å². The van der Waals surface area contributed by atoms with Crippen molar-refractivity contribution >= 4 is 23.2 Å². The molecule has 2 unspecified atom stereocenters. The highest BCUT2D eigenvalue weighted by molar-refractivity contribution is 6.04. The SMILES string of the molecule is Cc1cc(C(=O)Nc2cc(C(NCC3CC3)c3ccccc3)ccc2F)n(-c2cccc(CN)c2)n1.Cc1cc(C(=O)Nc2cc(C(NCC3CC3)c3ccccc3)ccc2F)n(-c2cccc(CN)c2)n1. The number of nitrogens with two attached hydrogens (primary N) is 2. The van der Waals surface area contributed by atoms with E-state index in [1.807, 2.05) is 98.8 Å². The number of hydrogen-bond donors (Lipinski definition) is 6. The summed E-state index contributed by atoms with van der Waals surface area (Å²) in [5.41, 5.74) is 21.1. The summed E-state index contributed by atoms with van der Waals surface area (Å²) in [6.45, 7) is 6.20. The molecule has 12 nitrogen and oxygen atoms in total. The minimum absolute atomic E-state index is 0.102. The third-order valence-electron chi connectivity index (χ3n) is 12.9. The van der Waals surface area contributed by atoms with Crippen LogP contribution in [-0.2, 0) is 13.1 Å². The fourth-order valence-electron chi connectivity index (χ4n) is 8.72. The zero-order chi connectivity index (χ0) is 50.1. The van der Waals surface area contributed by atoms with Gasteiger partial charge in [-0.3, -0.25) is 9.59 Å². The van der Waals surface area contributed by atoms with Crippen molar-refractivity contribution in [2.45, 2.75) is 64.7 Å². The monoisotopic (exact) mass is 966 g/mol. The van der Waals surface area contributed by atoms with E-state index >= 15 is 0 Å². The van der Waals surface area contributed by atoms with Crippen molar-refractivity contribution in [3.8, 4) is 11.4 Å². The number of halogens is 2. The molecule has 2 fully saturated rings. The fourth-order valence-corrected chi connectivity index (χ4v) is 8.72. The molecule has 368 valence electrons. The first-order chi connectivity index (χ1) is 35.0. The van der Waals surface area contributed by atoms with Crippen molar-refractivity contribution in [1.29, 1.82) is 0 Å². The summed E-state index contributed by atoms with van der Waals surface area (Å²) >= 11 is 0. The molecule has 6 aromatic carbocycles. The lowest BCUT2D eigenvalue weighted by molar-refractivity contribution is 0.101. The molecular formula is C58H60F2N10O2. The average molecular weight is 967 g/mol. The Morgan fingerprint density at radius 2 is 0.931 bits per heavy atom. The topological polar surface area (TPSA) is 170 Å². The Balaban J connectivity index is 0.000000178. The van der Waals surface area contributed by atoms with Gasteiger partial charge in [-0.1, -0.05) is 97.1 Å². The molecule has 2 aromatic heterocycles. The third-order valence-corrected chi connectivity index (χ3v) is 12.9. The van der Waals surface area contributed by atoms with Crippen LogP contribution >= 0.6 is 0 Å². The number of amides is 2. The van der Waals surface area contributed by atoms with E-state index in [9.17, 15) is 18.4 Å². The Kier molecular flexibility index (Phi) is 15.5. The van der Waals surface area contributed by atoms with E-state index in [0.29, 0.717) is 47.7 Å². The minimum Gasteiger partial charge on any atom is -0.326 e. The molecule has 2 atom stereocenters. The number of benzene rings is 6. The number of carbonyl (C=O) groups is 2. The van der Waals surface area contributed by atoms with Crippen LogP contribution in [0.3, 0.4) is 0 Å². The lowest BCUT2D eigenvalue weighted by Gasteiger charge is -2.21. The maximum absolute atomic E-state index is 14.9. The second kappa shape index (κ2) is 22.6. The van der Waals surface area contributed by atoms with Crippen LogP contribution in [0.5, 0.6) is 0 Å².